The molecule has 0 bridgehead atoms. The van der Waals surface area contributed by atoms with Crippen LogP contribution in [0.3, 0.4) is 0 Å². The molecule has 124 valence electrons. The largest absolute Gasteiger partial charge is 0.312 e. The van der Waals surface area contributed by atoms with E-state index in [1.807, 2.05) is 0 Å². The highest BCUT2D eigenvalue weighted by Gasteiger charge is 2.32. The Bertz CT molecular complexity index is 405. The highest BCUT2D eigenvalue weighted by atomic mass is 32.2. The minimum absolute atomic E-state index is 0.581. The Hall–Kier alpha value is -0.170. The fraction of sp³-hybridized carbons (Fsp3) is 1.00. The summed E-state index contributed by atoms with van der Waals surface area (Å²) >= 11 is 0. The van der Waals surface area contributed by atoms with Gasteiger partial charge in [-0.15, -0.1) is 0 Å². The van der Waals surface area contributed by atoms with Crippen LogP contribution in [0.1, 0.15) is 45.4 Å². The molecule has 0 spiro atoms. The van der Waals surface area contributed by atoms with Crippen LogP contribution in [0.2, 0.25) is 0 Å². The molecule has 2 rings (SSSR count). The van der Waals surface area contributed by atoms with Crippen molar-refractivity contribution in [1.29, 1.82) is 0 Å². The first-order valence-electron chi connectivity index (χ1n) is 8.45. The molecule has 5 nitrogen and oxygen atoms in total. The van der Waals surface area contributed by atoms with E-state index in [1.54, 1.807) is 4.31 Å². The van der Waals surface area contributed by atoms with Gasteiger partial charge < -0.3 is 5.32 Å². The zero-order chi connectivity index (χ0) is 15.3. The molecule has 1 aliphatic heterocycles. The first-order valence-corrected chi connectivity index (χ1v) is 10.3. The van der Waals surface area contributed by atoms with E-state index in [2.05, 4.69) is 17.1 Å². The first-order chi connectivity index (χ1) is 10.0. The number of nitrogens with one attached hydrogen (secondary N) is 1. The fourth-order valence-corrected chi connectivity index (χ4v) is 4.49. The van der Waals surface area contributed by atoms with E-state index in [4.69, 9.17) is 0 Å². The molecule has 1 heterocycles. The minimum Gasteiger partial charge on any atom is -0.312 e. The molecule has 0 amide bonds. The van der Waals surface area contributed by atoms with Crippen molar-refractivity contribution in [2.24, 2.45) is 0 Å². The maximum Gasteiger partial charge on any atom is 0.211 e. The van der Waals surface area contributed by atoms with E-state index >= 15 is 0 Å². The van der Waals surface area contributed by atoms with Gasteiger partial charge in [0, 0.05) is 38.3 Å². The van der Waals surface area contributed by atoms with Crippen molar-refractivity contribution in [2.75, 3.05) is 39.0 Å². The summed E-state index contributed by atoms with van der Waals surface area (Å²) < 4.78 is 24.9. The Labute approximate surface area is 130 Å². The molecule has 0 radical (unpaired) electrons. The van der Waals surface area contributed by atoms with Crippen molar-refractivity contribution in [1.82, 2.24) is 14.5 Å². The van der Waals surface area contributed by atoms with Crippen molar-refractivity contribution < 1.29 is 8.42 Å². The lowest BCUT2D eigenvalue weighted by Gasteiger charge is -2.41. The van der Waals surface area contributed by atoms with Crippen LogP contribution < -0.4 is 5.32 Å². The highest BCUT2D eigenvalue weighted by molar-refractivity contribution is 7.88. The van der Waals surface area contributed by atoms with Gasteiger partial charge in [-0.2, -0.15) is 4.31 Å². The van der Waals surface area contributed by atoms with Crippen LogP contribution in [0.5, 0.6) is 0 Å². The molecule has 6 heteroatoms. The van der Waals surface area contributed by atoms with Gasteiger partial charge in [-0.25, -0.2) is 8.42 Å². The second kappa shape index (κ2) is 7.90. The fourth-order valence-electron chi connectivity index (χ4n) is 3.66. The summed E-state index contributed by atoms with van der Waals surface area (Å²) in [5.74, 6) is 0. The zero-order valence-electron chi connectivity index (χ0n) is 13.6. The van der Waals surface area contributed by atoms with Crippen LogP contribution in [-0.4, -0.2) is 68.7 Å². The van der Waals surface area contributed by atoms with Gasteiger partial charge in [-0.3, -0.25) is 4.90 Å². The highest BCUT2D eigenvalue weighted by Crippen LogP contribution is 2.24. The van der Waals surface area contributed by atoms with Gasteiger partial charge in [0.25, 0.3) is 0 Å². The number of nitrogens with zero attached hydrogens (tertiary/aromatic N) is 2. The van der Waals surface area contributed by atoms with Crippen LogP contribution in [0.4, 0.5) is 0 Å². The van der Waals surface area contributed by atoms with E-state index < -0.39 is 10.0 Å². The Kier molecular flexibility index (Phi) is 6.47. The summed E-state index contributed by atoms with van der Waals surface area (Å²) in [6.07, 6.45) is 8.97. The van der Waals surface area contributed by atoms with Crippen molar-refractivity contribution in [3.05, 3.63) is 0 Å². The molecule has 1 saturated heterocycles. The molecule has 0 aromatic carbocycles. The van der Waals surface area contributed by atoms with E-state index in [0.29, 0.717) is 25.2 Å². The predicted octanol–water partition coefficient (Wildman–Crippen LogP) is 1.26. The SMILES string of the molecule is CCCNC1CCCCCC1N1CCN(S(C)(=O)=O)CC1. The topological polar surface area (TPSA) is 52.6 Å². The number of piperazine rings is 1. The van der Waals surface area contributed by atoms with Crippen molar-refractivity contribution in [2.45, 2.75) is 57.5 Å². The monoisotopic (exact) mass is 317 g/mol. The minimum atomic E-state index is -3.02. The quantitative estimate of drug-likeness (QED) is 0.776. The molecule has 2 fully saturated rings. The summed E-state index contributed by atoms with van der Waals surface area (Å²) in [6, 6.07) is 1.16. The third-order valence-electron chi connectivity index (χ3n) is 4.85. The molecular weight excluding hydrogens is 286 g/mol. The van der Waals surface area contributed by atoms with Gasteiger partial charge in [0.1, 0.15) is 0 Å². The second-order valence-corrected chi connectivity index (χ2v) is 8.45. The lowest BCUT2D eigenvalue weighted by Crippen LogP contribution is -2.57. The second-order valence-electron chi connectivity index (χ2n) is 6.46. The van der Waals surface area contributed by atoms with Gasteiger partial charge in [0.2, 0.25) is 10.0 Å². The number of hydrogen-bond donors (Lipinski definition) is 1. The van der Waals surface area contributed by atoms with Crippen molar-refractivity contribution in [3.8, 4) is 0 Å². The number of hydrogen-bond acceptors (Lipinski definition) is 4. The van der Waals surface area contributed by atoms with Crippen LogP contribution in [0, 0.1) is 0 Å². The average molecular weight is 317 g/mol. The Morgan fingerprint density at radius 3 is 2.33 bits per heavy atom. The summed E-state index contributed by atoms with van der Waals surface area (Å²) in [5.41, 5.74) is 0. The normalized spacial score (nSPS) is 30.2. The molecular formula is C15H31N3O2S. The molecule has 1 aliphatic carbocycles. The first kappa shape index (κ1) is 17.2. The van der Waals surface area contributed by atoms with E-state index in [0.717, 1.165) is 19.6 Å². The van der Waals surface area contributed by atoms with Gasteiger partial charge in [-0.1, -0.05) is 26.2 Å². The molecule has 2 atom stereocenters. The van der Waals surface area contributed by atoms with Crippen LogP contribution in [0.25, 0.3) is 0 Å². The van der Waals surface area contributed by atoms with E-state index in [1.165, 1.54) is 44.8 Å². The van der Waals surface area contributed by atoms with E-state index in [-0.39, 0.29) is 0 Å². The predicted molar refractivity (Wildman–Crippen MR) is 86.9 cm³/mol. The van der Waals surface area contributed by atoms with E-state index in [9.17, 15) is 8.42 Å². The Morgan fingerprint density at radius 2 is 1.71 bits per heavy atom. The zero-order valence-corrected chi connectivity index (χ0v) is 14.4. The van der Waals surface area contributed by atoms with Gasteiger partial charge >= 0.3 is 0 Å². The number of rotatable bonds is 5. The summed E-state index contributed by atoms with van der Waals surface area (Å²) in [7, 11) is -3.02. The Balaban J connectivity index is 1.94. The molecule has 2 aliphatic rings. The number of sulfonamides is 1. The summed E-state index contributed by atoms with van der Waals surface area (Å²) in [5, 5.41) is 3.73. The molecule has 2 unspecified atom stereocenters. The van der Waals surface area contributed by atoms with Gasteiger partial charge in [0.15, 0.2) is 0 Å². The molecule has 1 saturated carbocycles. The maximum atomic E-state index is 11.6. The van der Waals surface area contributed by atoms with Crippen LogP contribution in [-0.2, 0) is 10.0 Å². The van der Waals surface area contributed by atoms with Crippen LogP contribution in [0.15, 0.2) is 0 Å². The molecule has 21 heavy (non-hydrogen) atoms. The summed E-state index contributed by atoms with van der Waals surface area (Å²) in [4.78, 5) is 2.53. The van der Waals surface area contributed by atoms with Crippen LogP contribution >= 0.6 is 0 Å². The lowest BCUT2D eigenvalue weighted by atomic mass is 10.00. The third-order valence-corrected chi connectivity index (χ3v) is 6.15. The van der Waals surface area contributed by atoms with Gasteiger partial charge in [0.05, 0.1) is 6.26 Å². The Morgan fingerprint density at radius 1 is 1.05 bits per heavy atom. The smallest absolute Gasteiger partial charge is 0.211 e. The standard InChI is InChI=1S/C15H31N3O2S/c1-3-9-16-14-7-5-4-6-8-15(14)17-10-12-18(13-11-17)21(2,19)20/h14-16H,3-13H2,1-2H3. The van der Waals surface area contributed by atoms with Crippen molar-refractivity contribution in [3.63, 3.8) is 0 Å². The molecule has 0 aromatic rings. The third kappa shape index (κ3) is 4.91. The summed E-state index contributed by atoms with van der Waals surface area (Å²) in [6.45, 7) is 6.35. The lowest BCUT2D eigenvalue weighted by molar-refractivity contribution is 0.105. The molecule has 0 aromatic heterocycles. The van der Waals surface area contributed by atoms with Crippen molar-refractivity contribution >= 4 is 10.0 Å². The molecule has 1 N–H and O–H groups in total. The van der Waals surface area contributed by atoms with Gasteiger partial charge in [-0.05, 0) is 25.8 Å². The maximum absolute atomic E-state index is 11.6. The average Bonchev–Trinajstić information content (AvgIpc) is 2.69.